The fraction of sp³-hybridized carbons (Fsp3) is 0.120. The number of ether oxygens (including phenoxy) is 2. The van der Waals surface area contributed by atoms with Crippen molar-refractivity contribution in [3.05, 3.63) is 99.8 Å². The first kappa shape index (κ1) is 19.9. The summed E-state index contributed by atoms with van der Waals surface area (Å²) in [6.07, 6.45) is 2.69. The molecule has 4 rings (SSSR count). The second kappa shape index (κ2) is 8.56. The zero-order valence-corrected chi connectivity index (χ0v) is 17.1. The van der Waals surface area contributed by atoms with Crippen molar-refractivity contribution >= 4 is 29.2 Å². The highest BCUT2D eigenvalue weighted by molar-refractivity contribution is 6.30. The van der Waals surface area contributed by atoms with Crippen molar-refractivity contribution in [3.8, 4) is 11.5 Å². The van der Waals surface area contributed by atoms with Crippen LogP contribution in [0.5, 0.6) is 11.5 Å². The van der Waals surface area contributed by atoms with E-state index < -0.39 is 0 Å². The van der Waals surface area contributed by atoms with Crippen LogP contribution in [0.3, 0.4) is 0 Å². The van der Waals surface area contributed by atoms with E-state index in [0.717, 1.165) is 12.0 Å². The van der Waals surface area contributed by atoms with Crippen LogP contribution in [0.2, 0.25) is 5.02 Å². The number of carbonyl (C=O) groups is 2. The zero-order valence-electron chi connectivity index (χ0n) is 16.4. The molecular weight excluding hydrogens is 400 g/mol. The Morgan fingerprint density at radius 3 is 2.47 bits per heavy atom. The van der Waals surface area contributed by atoms with Crippen molar-refractivity contribution in [1.82, 2.24) is 0 Å². The van der Waals surface area contributed by atoms with Gasteiger partial charge in [-0.1, -0.05) is 42.8 Å². The average molecular weight is 419 g/mol. The molecule has 0 unspecified atom stereocenters. The Bertz CT molecular complexity index is 1130. The number of halogens is 1. The first-order valence-corrected chi connectivity index (χ1v) is 10.00. The summed E-state index contributed by atoms with van der Waals surface area (Å²) >= 11 is 5.84. The average Bonchev–Trinajstić information content (AvgIpc) is 3.07. The first-order chi connectivity index (χ1) is 14.5. The quantitative estimate of drug-likeness (QED) is 0.376. The van der Waals surface area contributed by atoms with Gasteiger partial charge in [0, 0.05) is 16.7 Å². The van der Waals surface area contributed by atoms with E-state index in [-0.39, 0.29) is 23.9 Å². The number of aryl methyl sites for hydroxylation is 1. The molecule has 0 radical (unpaired) electrons. The maximum atomic E-state index is 12.6. The molecule has 0 amide bonds. The molecule has 0 N–H and O–H groups in total. The van der Waals surface area contributed by atoms with Crippen molar-refractivity contribution in [2.75, 3.05) is 6.61 Å². The van der Waals surface area contributed by atoms with Gasteiger partial charge in [-0.05, 0) is 60.0 Å². The van der Waals surface area contributed by atoms with E-state index in [9.17, 15) is 9.59 Å². The zero-order chi connectivity index (χ0) is 21.1. The first-order valence-electron chi connectivity index (χ1n) is 9.62. The molecule has 3 aromatic carbocycles. The Labute approximate surface area is 179 Å². The monoisotopic (exact) mass is 418 g/mol. The molecule has 0 saturated heterocycles. The predicted octanol–water partition coefficient (Wildman–Crippen LogP) is 5.78. The molecule has 0 saturated carbocycles. The molecule has 150 valence electrons. The third kappa shape index (κ3) is 4.29. The van der Waals surface area contributed by atoms with Gasteiger partial charge in [0.25, 0.3) is 0 Å². The summed E-state index contributed by atoms with van der Waals surface area (Å²) in [5, 5.41) is 0.568. The lowest BCUT2D eigenvalue weighted by Gasteiger charge is -2.07. The van der Waals surface area contributed by atoms with Crippen LogP contribution in [0.4, 0.5) is 0 Å². The second-order valence-corrected chi connectivity index (χ2v) is 7.35. The standard InChI is InChI=1S/C25H19ClO4/c1-2-16-3-5-17(6-4-16)13-24-25(28)21-12-11-20(14-23(21)30-24)29-15-22(27)18-7-9-19(26)10-8-18/h3-14H,2,15H2,1H3/b24-13-. The smallest absolute Gasteiger partial charge is 0.231 e. The molecule has 5 heteroatoms. The number of carbonyl (C=O) groups excluding carboxylic acids is 2. The van der Waals surface area contributed by atoms with Crippen molar-refractivity contribution < 1.29 is 19.1 Å². The van der Waals surface area contributed by atoms with Gasteiger partial charge in [0.05, 0.1) is 5.56 Å². The third-order valence-electron chi connectivity index (χ3n) is 4.86. The Balaban J connectivity index is 1.45. The summed E-state index contributed by atoms with van der Waals surface area (Å²) in [6.45, 7) is 1.97. The second-order valence-electron chi connectivity index (χ2n) is 6.91. The van der Waals surface area contributed by atoms with Gasteiger partial charge in [0.1, 0.15) is 11.5 Å². The van der Waals surface area contributed by atoms with Crippen molar-refractivity contribution in [1.29, 1.82) is 0 Å². The Morgan fingerprint density at radius 1 is 1.03 bits per heavy atom. The minimum absolute atomic E-state index is 0.124. The summed E-state index contributed by atoms with van der Waals surface area (Å²) in [4.78, 5) is 24.9. The Hall–Kier alpha value is -3.37. The maximum Gasteiger partial charge on any atom is 0.231 e. The lowest BCUT2D eigenvalue weighted by atomic mass is 10.1. The van der Waals surface area contributed by atoms with Gasteiger partial charge in [0.2, 0.25) is 5.78 Å². The molecule has 0 aromatic heterocycles. The van der Waals surface area contributed by atoms with Crippen molar-refractivity contribution in [2.24, 2.45) is 0 Å². The van der Waals surface area contributed by atoms with Crippen molar-refractivity contribution in [2.45, 2.75) is 13.3 Å². The molecule has 0 bridgehead atoms. The molecule has 0 aliphatic carbocycles. The number of ketones is 2. The summed E-state index contributed by atoms with van der Waals surface area (Å²) in [5.74, 6) is 0.808. The normalized spacial score (nSPS) is 13.8. The van der Waals surface area contributed by atoms with Crippen molar-refractivity contribution in [3.63, 3.8) is 0 Å². The van der Waals surface area contributed by atoms with E-state index >= 15 is 0 Å². The molecule has 1 aliphatic heterocycles. The van der Waals surface area contributed by atoms with E-state index in [2.05, 4.69) is 6.92 Å². The SMILES string of the molecule is CCc1ccc(/C=C2\Oc3cc(OCC(=O)c4ccc(Cl)cc4)ccc3C2=O)cc1. The molecule has 0 spiro atoms. The summed E-state index contributed by atoms with van der Waals surface area (Å²) < 4.78 is 11.4. The van der Waals surface area contributed by atoms with Gasteiger partial charge >= 0.3 is 0 Å². The Morgan fingerprint density at radius 2 is 1.77 bits per heavy atom. The number of rotatable bonds is 6. The number of allylic oxidation sites excluding steroid dienone is 1. The Kier molecular flexibility index (Phi) is 5.68. The van der Waals surface area contributed by atoms with Crippen LogP contribution >= 0.6 is 11.6 Å². The van der Waals surface area contributed by atoms with Crippen LogP contribution in [0.25, 0.3) is 6.08 Å². The van der Waals surface area contributed by atoms with E-state index in [1.807, 2.05) is 24.3 Å². The lowest BCUT2D eigenvalue weighted by Crippen LogP contribution is -2.11. The molecule has 1 heterocycles. The maximum absolute atomic E-state index is 12.6. The molecular formula is C25H19ClO4. The van der Waals surface area contributed by atoms with Gasteiger partial charge < -0.3 is 9.47 Å². The van der Waals surface area contributed by atoms with E-state index in [1.165, 1.54) is 5.56 Å². The van der Waals surface area contributed by atoms with Crippen LogP contribution in [0.1, 0.15) is 38.8 Å². The fourth-order valence-corrected chi connectivity index (χ4v) is 3.25. The van der Waals surface area contributed by atoms with Crippen LogP contribution in [0.15, 0.2) is 72.5 Å². The topological polar surface area (TPSA) is 52.6 Å². The molecule has 30 heavy (non-hydrogen) atoms. The highest BCUT2D eigenvalue weighted by Crippen LogP contribution is 2.35. The molecule has 3 aromatic rings. The van der Waals surface area contributed by atoms with E-state index in [1.54, 1.807) is 48.5 Å². The van der Waals surface area contributed by atoms with Gasteiger partial charge in [-0.2, -0.15) is 0 Å². The van der Waals surface area contributed by atoms with Gasteiger partial charge in [-0.15, -0.1) is 0 Å². The number of Topliss-reactive ketones (excluding diaryl/α,β-unsaturated/α-hetero) is 2. The predicted molar refractivity (Wildman–Crippen MR) is 116 cm³/mol. The molecule has 1 aliphatic rings. The summed E-state index contributed by atoms with van der Waals surface area (Å²) in [5.41, 5.74) is 3.12. The minimum Gasteiger partial charge on any atom is -0.485 e. The molecule has 0 fully saturated rings. The number of fused-ring (bicyclic) bond motifs is 1. The number of hydrogen-bond donors (Lipinski definition) is 0. The van der Waals surface area contributed by atoms with E-state index in [4.69, 9.17) is 21.1 Å². The van der Waals surface area contributed by atoms with Crippen LogP contribution in [-0.2, 0) is 6.42 Å². The van der Waals surface area contributed by atoms with E-state index in [0.29, 0.717) is 27.6 Å². The van der Waals surface area contributed by atoms with Crippen LogP contribution < -0.4 is 9.47 Å². The third-order valence-corrected chi connectivity index (χ3v) is 5.12. The lowest BCUT2D eigenvalue weighted by molar-refractivity contribution is 0.0921. The molecule has 4 nitrogen and oxygen atoms in total. The highest BCUT2D eigenvalue weighted by Gasteiger charge is 2.27. The largest absolute Gasteiger partial charge is 0.485 e. The molecule has 0 atom stereocenters. The van der Waals surface area contributed by atoms with Gasteiger partial charge in [-0.25, -0.2) is 0 Å². The summed E-state index contributed by atoms with van der Waals surface area (Å²) in [6, 6.07) is 19.6. The van der Waals surface area contributed by atoms with Crippen LogP contribution in [-0.4, -0.2) is 18.2 Å². The minimum atomic E-state index is -0.173. The highest BCUT2D eigenvalue weighted by atomic mass is 35.5. The fourth-order valence-electron chi connectivity index (χ4n) is 3.13. The van der Waals surface area contributed by atoms with Gasteiger partial charge in [-0.3, -0.25) is 9.59 Å². The van der Waals surface area contributed by atoms with Gasteiger partial charge in [0.15, 0.2) is 18.1 Å². The summed E-state index contributed by atoms with van der Waals surface area (Å²) in [7, 11) is 0. The van der Waals surface area contributed by atoms with Crippen LogP contribution in [0, 0.1) is 0 Å². The number of benzene rings is 3. The number of hydrogen-bond acceptors (Lipinski definition) is 4.